The second kappa shape index (κ2) is 5.55. The van der Waals surface area contributed by atoms with Gasteiger partial charge in [0.2, 0.25) is 0 Å². The molecule has 1 aliphatic rings. The first-order valence-electron chi connectivity index (χ1n) is 8.55. The van der Waals surface area contributed by atoms with Crippen LogP contribution in [0.4, 0.5) is 0 Å². The molecular formula is C23H21BrO. The van der Waals surface area contributed by atoms with Crippen LogP contribution in [0.1, 0.15) is 43.0 Å². The van der Waals surface area contributed by atoms with Crippen LogP contribution < -0.4 is 0 Å². The Balaban J connectivity index is 1.96. The Labute approximate surface area is 157 Å². The molecule has 0 fully saturated rings. The molecular weight excluding hydrogens is 372 g/mol. The molecule has 0 saturated carbocycles. The highest BCUT2D eigenvalue weighted by Crippen LogP contribution is 2.51. The summed E-state index contributed by atoms with van der Waals surface area (Å²) in [6, 6.07) is 22.7. The lowest BCUT2D eigenvalue weighted by atomic mass is 9.81. The van der Waals surface area contributed by atoms with E-state index in [0.717, 1.165) is 32.3 Å². The molecule has 0 spiro atoms. The number of fused-ring (bicyclic) bond motifs is 3. The summed E-state index contributed by atoms with van der Waals surface area (Å²) in [5.74, 6) is 0. The molecule has 0 aromatic heterocycles. The van der Waals surface area contributed by atoms with Gasteiger partial charge in [0.05, 0.1) is 0 Å². The van der Waals surface area contributed by atoms with Crippen LogP contribution in [-0.2, 0) is 11.0 Å². The second-order valence-corrected chi connectivity index (χ2v) is 8.69. The van der Waals surface area contributed by atoms with Gasteiger partial charge in [-0.3, -0.25) is 0 Å². The fourth-order valence-electron chi connectivity index (χ4n) is 3.75. The van der Waals surface area contributed by atoms with Crippen LogP contribution in [0.15, 0.2) is 71.2 Å². The highest BCUT2D eigenvalue weighted by Gasteiger charge is 2.43. The molecule has 0 heterocycles. The van der Waals surface area contributed by atoms with Crippen molar-refractivity contribution < 1.29 is 5.11 Å². The fourth-order valence-corrected chi connectivity index (χ4v) is 4.11. The lowest BCUT2D eigenvalue weighted by Crippen LogP contribution is -2.26. The second-order valence-electron chi connectivity index (χ2n) is 7.77. The summed E-state index contributed by atoms with van der Waals surface area (Å²) in [6.07, 6.45) is 0. The molecule has 1 aliphatic carbocycles. The maximum atomic E-state index is 11.9. The Morgan fingerprint density at radius 3 is 2.12 bits per heavy atom. The molecule has 1 atom stereocenters. The van der Waals surface area contributed by atoms with Crippen molar-refractivity contribution >= 4 is 15.9 Å². The van der Waals surface area contributed by atoms with E-state index in [2.05, 4.69) is 73.1 Å². The van der Waals surface area contributed by atoms with Gasteiger partial charge in [0.1, 0.15) is 5.60 Å². The van der Waals surface area contributed by atoms with E-state index < -0.39 is 5.60 Å². The van der Waals surface area contributed by atoms with E-state index in [0.29, 0.717) is 0 Å². The Morgan fingerprint density at radius 1 is 0.800 bits per heavy atom. The molecule has 3 aromatic rings. The van der Waals surface area contributed by atoms with Crippen molar-refractivity contribution in [1.29, 1.82) is 0 Å². The summed E-state index contributed by atoms with van der Waals surface area (Å²) >= 11 is 3.56. The van der Waals surface area contributed by atoms with Crippen molar-refractivity contribution in [2.75, 3.05) is 0 Å². The van der Waals surface area contributed by atoms with Crippen molar-refractivity contribution in [1.82, 2.24) is 0 Å². The zero-order valence-corrected chi connectivity index (χ0v) is 16.3. The summed E-state index contributed by atoms with van der Waals surface area (Å²) in [7, 11) is 0. The number of benzene rings is 3. The van der Waals surface area contributed by atoms with E-state index in [1.54, 1.807) is 0 Å². The molecule has 2 heteroatoms. The molecule has 3 aromatic carbocycles. The van der Waals surface area contributed by atoms with Crippen LogP contribution in [0.2, 0.25) is 0 Å². The van der Waals surface area contributed by atoms with E-state index in [-0.39, 0.29) is 5.41 Å². The van der Waals surface area contributed by atoms with E-state index >= 15 is 0 Å². The maximum absolute atomic E-state index is 11.9. The van der Waals surface area contributed by atoms with Crippen molar-refractivity contribution in [3.8, 4) is 11.1 Å². The van der Waals surface area contributed by atoms with E-state index in [1.807, 2.05) is 30.3 Å². The van der Waals surface area contributed by atoms with E-state index in [9.17, 15) is 5.11 Å². The minimum atomic E-state index is -1.12. The smallest absolute Gasteiger partial charge is 0.141 e. The molecule has 0 saturated heterocycles. The molecule has 0 radical (unpaired) electrons. The van der Waals surface area contributed by atoms with Gasteiger partial charge in [-0.2, -0.15) is 0 Å². The molecule has 1 unspecified atom stereocenters. The van der Waals surface area contributed by atoms with Gasteiger partial charge >= 0.3 is 0 Å². The maximum Gasteiger partial charge on any atom is 0.141 e. The van der Waals surface area contributed by atoms with Crippen LogP contribution in [0.3, 0.4) is 0 Å². The molecule has 0 aliphatic heterocycles. The minimum absolute atomic E-state index is 0.0929. The monoisotopic (exact) mass is 392 g/mol. The van der Waals surface area contributed by atoms with Crippen LogP contribution in [0.25, 0.3) is 11.1 Å². The first-order valence-corrected chi connectivity index (χ1v) is 9.34. The molecule has 0 amide bonds. The number of halogens is 1. The zero-order chi connectivity index (χ0) is 17.8. The van der Waals surface area contributed by atoms with Crippen LogP contribution >= 0.6 is 15.9 Å². The van der Waals surface area contributed by atoms with Crippen LogP contribution in [0, 0.1) is 0 Å². The Kier molecular flexibility index (Phi) is 3.68. The highest BCUT2D eigenvalue weighted by atomic mass is 79.9. The van der Waals surface area contributed by atoms with Crippen LogP contribution in [-0.4, -0.2) is 5.11 Å². The lowest BCUT2D eigenvalue weighted by molar-refractivity contribution is 0.130. The fraction of sp³-hybridized carbons (Fsp3) is 0.217. The van der Waals surface area contributed by atoms with Gasteiger partial charge in [-0.1, -0.05) is 91.3 Å². The first-order chi connectivity index (χ1) is 11.8. The average molecular weight is 393 g/mol. The number of hydrogen-bond donors (Lipinski definition) is 1. The molecule has 25 heavy (non-hydrogen) atoms. The van der Waals surface area contributed by atoms with Gasteiger partial charge in [0, 0.05) is 15.6 Å². The largest absolute Gasteiger partial charge is 0.376 e. The van der Waals surface area contributed by atoms with Crippen LogP contribution in [0.5, 0.6) is 0 Å². The average Bonchev–Trinajstić information content (AvgIpc) is 2.85. The van der Waals surface area contributed by atoms with Gasteiger partial charge in [-0.15, -0.1) is 0 Å². The molecule has 0 bridgehead atoms. The van der Waals surface area contributed by atoms with Crippen molar-refractivity contribution in [2.45, 2.75) is 31.8 Å². The number of rotatable bonds is 1. The minimum Gasteiger partial charge on any atom is -0.376 e. The Bertz CT molecular complexity index is 951. The third-order valence-electron chi connectivity index (χ3n) is 5.15. The summed E-state index contributed by atoms with van der Waals surface area (Å²) in [5, 5.41) is 11.9. The van der Waals surface area contributed by atoms with E-state index in [4.69, 9.17) is 0 Å². The topological polar surface area (TPSA) is 20.2 Å². The van der Waals surface area contributed by atoms with Gasteiger partial charge in [0.25, 0.3) is 0 Å². The SMILES string of the molecule is CC(C)(C)c1ccc(C2(O)c3ccccc3-c3ccc(Br)cc32)cc1. The quantitative estimate of drug-likeness (QED) is 0.537. The molecule has 1 nitrogen and oxygen atoms in total. The zero-order valence-electron chi connectivity index (χ0n) is 14.7. The molecule has 126 valence electrons. The van der Waals surface area contributed by atoms with Gasteiger partial charge in [-0.25, -0.2) is 0 Å². The van der Waals surface area contributed by atoms with Gasteiger partial charge in [-0.05, 0) is 39.8 Å². The standard InChI is InChI=1S/C23H21BrO/c1-22(2,3)15-8-10-16(11-9-15)23(25)20-7-5-4-6-18(20)19-13-12-17(24)14-21(19)23/h4-14,25H,1-3H3. The third kappa shape index (κ3) is 2.47. The van der Waals surface area contributed by atoms with Crippen molar-refractivity contribution in [3.05, 3.63) is 93.5 Å². The van der Waals surface area contributed by atoms with Crippen molar-refractivity contribution in [2.24, 2.45) is 0 Å². The highest BCUT2D eigenvalue weighted by molar-refractivity contribution is 9.10. The number of hydrogen-bond acceptors (Lipinski definition) is 1. The van der Waals surface area contributed by atoms with Gasteiger partial charge in [0.15, 0.2) is 0 Å². The molecule has 4 rings (SSSR count). The molecule has 1 N–H and O–H groups in total. The first kappa shape index (κ1) is 16.6. The lowest BCUT2D eigenvalue weighted by Gasteiger charge is -2.28. The predicted octanol–water partition coefficient (Wildman–Crippen LogP) is 6.01. The third-order valence-corrected chi connectivity index (χ3v) is 5.64. The predicted molar refractivity (Wildman–Crippen MR) is 107 cm³/mol. The summed E-state index contributed by atoms with van der Waals surface area (Å²) in [4.78, 5) is 0. The summed E-state index contributed by atoms with van der Waals surface area (Å²) < 4.78 is 0.976. The van der Waals surface area contributed by atoms with Crippen molar-refractivity contribution in [3.63, 3.8) is 0 Å². The normalized spacial score (nSPS) is 18.8. The Morgan fingerprint density at radius 2 is 1.44 bits per heavy atom. The van der Waals surface area contributed by atoms with Gasteiger partial charge < -0.3 is 5.11 Å². The van der Waals surface area contributed by atoms with E-state index in [1.165, 1.54) is 5.56 Å². The Hall–Kier alpha value is -1.90. The summed E-state index contributed by atoms with van der Waals surface area (Å²) in [5.41, 5.74) is 5.24. The number of aliphatic hydroxyl groups is 1. The summed E-state index contributed by atoms with van der Waals surface area (Å²) in [6.45, 7) is 6.61.